The van der Waals surface area contributed by atoms with Crippen molar-refractivity contribution < 1.29 is 28.9 Å². The molecule has 1 rings (SSSR count). The highest BCUT2D eigenvalue weighted by Gasteiger charge is 2.26. The van der Waals surface area contributed by atoms with Crippen LogP contribution in [0, 0.1) is 0 Å². The zero-order valence-electron chi connectivity index (χ0n) is 16.3. The number of aliphatic hydroxyl groups excluding tert-OH is 1. The highest BCUT2D eigenvalue weighted by Crippen LogP contribution is 2.24. The van der Waals surface area contributed by atoms with E-state index >= 15 is 0 Å². The molecule has 1 aromatic heterocycles. The van der Waals surface area contributed by atoms with Crippen LogP contribution >= 0.6 is 0 Å². The molecular weight excluding hydrogens is 342 g/mol. The number of carbonyl (C=O) groups excluding carboxylic acids is 2. The Balaban J connectivity index is 3.23. The van der Waals surface area contributed by atoms with Crippen LogP contribution in [0.3, 0.4) is 0 Å². The quantitative estimate of drug-likeness (QED) is 0.759. The number of nitrogens with one attached hydrogen (secondary N) is 1. The van der Waals surface area contributed by atoms with E-state index < -0.39 is 23.3 Å². The van der Waals surface area contributed by atoms with E-state index in [0.29, 0.717) is 0 Å². The molecule has 146 valence electrons. The number of nitrogens with zero attached hydrogens (tertiary/aromatic N) is 2. The van der Waals surface area contributed by atoms with E-state index in [2.05, 4.69) is 15.3 Å². The molecule has 1 heterocycles. The number of carbonyl (C=O) groups is 2. The van der Waals surface area contributed by atoms with Gasteiger partial charge in [0, 0.05) is 13.0 Å². The third kappa shape index (κ3) is 6.83. The number of amides is 1. The summed E-state index contributed by atoms with van der Waals surface area (Å²) in [7, 11) is 1.33. The minimum absolute atomic E-state index is 0.0162. The summed E-state index contributed by atoms with van der Waals surface area (Å²) >= 11 is 0. The van der Waals surface area contributed by atoms with E-state index in [4.69, 9.17) is 14.2 Å². The van der Waals surface area contributed by atoms with Crippen molar-refractivity contribution in [2.24, 2.45) is 0 Å². The van der Waals surface area contributed by atoms with Crippen LogP contribution in [-0.2, 0) is 15.9 Å². The number of aliphatic hydroxyl groups is 1. The number of esters is 1. The lowest BCUT2D eigenvalue weighted by Gasteiger charge is -2.21. The zero-order chi connectivity index (χ0) is 20.1. The molecule has 0 aliphatic carbocycles. The molecule has 1 aromatic rings. The summed E-state index contributed by atoms with van der Waals surface area (Å²) in [6.07, 6.45) is -0.695. The van der Waals surface area contributed by atoms with Gasteiger partial charge in [-0.25, -0.2) is 19.6 Å². The van der Waals surface area contributed by atoms with Crippen LogP contribution in [-0.4, -0.2) is 52.1 Å². The Morgan fingerprint density at radius 3 is 2.08 bits per heavy atom. The molecule has 0 bridgehead atoms. The number of hydrogen-bond acceptors (Lipinski definition) is 8. The lowest BCUT2D eigenvalue weighted by Crippen LogP contribution is -2.29. The molecule has 2 N–H and O–H groups in total. The van der Waals surface area contributed by atoms with Crippen LogP contribution in [0.15, 0.2) is 0 Å². The fourth-order valence-corrected chi connectivity index (χ4v) is 1.85. The predicted octanol–water partition coefficient (Wildman–Crippen LogP) is 2.32. The molecule has 0 spiro atoms. The van der Waals surface area contributed by atoms with Crippen molar-refractivity contribution >= 4 is 17.9 Å². The van der Waals surface area contributed by atoms with E-state index in [1.807, 2.05) is 0 Å². The van der Waals surface area contributed by atoms with Gasteiger partial charge in [0.05, 0.1) is 12.8 Å². The van der Waals surface area contributed by atoms with E-state index in [0.717, 1.165) is 0 Å². The van der Waals surface area contributed by atoms with Gasteiger partial charge in [-0.05, 0) is 41.5 Å². The standard InChI is InChI=1S/C17H27N3O6/c1-16(2,3)25-14(22)11-10(8-9-21)18-12(13(19-11)24-7)20-15(23)26-17(4,5)6/h21H,8-9H2,1-7H3,(H,18,20,23). The molecule has 1 amide bonds. The van der Waals surface area contributed by atoms with Gasteiger partial charge in [-0.3, -0.25) is 5.32 Å². The van der Waals surface area contributed by atoms with Crippen molar-refractivity contribution in [2.45, 2.75) is 59.2 Å². The van der Waals surface area contributed by atoms with Crippen molar-refractivity contribution in [2.75, 3.05) is 19.0 Å². The van der Waals surface area contributed by atoms with Gasteiger partial charge in [0.25, 0.3) is 5.88 Å². The molecule has 0 atom stereocenters. The summed E-state index contributed by atoms with van der Waals surface area (Å²) < 4.78 is 15.6. The maximum atomic E-state index is 12.4. The molecule has 0 unspecified atom stereocenters. The summed E-state index contributed by atoms with van der Waals surface area (Å²) in [5.41, 5.74) is -1.33. The first kappa shape index (κ1) is 21.6. The van der Waals surface area contributed by atoms with Crippen molar-refractivity contribution in [3.63, 3.8) is 0 Å². The van der Waals surface area contributed by atoms with E-state index in [9.17, 15) is 14.7 Å². The van der Waals surface area contributed by atoms with Crippen LogP contribution in [0.25, 0.3) is 0 Å². The smallest absolute Gasteiger partial charge is 0.413 e. The summed E-state index contributed by atoms with van der Waals surface area (Å²) in [6.45, 7) is 10.1. The number of rotatable bonds is 5. The van der Waals surface area contributed by atoms with Crippen LogP contribution in [0.5, 0.6) is 5.88 Å². The molecule has 26 heavy (non-hydrogen) atoms. The Kier molecular flexibility index (Phi) is 6.91. The summed E-state index contributed by atoms with van der Waals surface area (Å²) in [5.74, 6) is -0.786. The fraction of sp³-hybridized carbons (Fsp3) is 0.647. The molecule has 0 aliphatic rings. The fourth-order valence-electron chi connectivity index (χ4n) is 1.85. The molecule has 0 aromatic carbocycles. The second-order valence-electron chi connectivity index (χ2n) is 7.48. The third-order valence-corrected chi connectivity index (χ3v) is 2.69. The molecule has 9 nitrogen and oxygen atoms in total. The van der Waals surface area contributed by atoms with Crippen LogP contribution in [0.4, 0.5) is 10.6 Å². The van der Waals surface area contributed by atoms with Crippen molar-refractivity contribution in [1.82, 2.24) is 9.97 Å². The minimum atomic E-state index is -0.745. The average molecular weight is 369 g/mol. The van der Waals surface area contributed by atoms with Crippen LogP contribution in [0.1, 0.15) is 57.7 Å². The summed E-state index contributed by atoms with van der Waals surface area (Å²) in [4.78, 5) is 32.6. The van der Waals surface area contributed by atoms with Gasteiger partial charge >= 0.3 is 12.1 Å². The van der Waals surface area contributed by atoms with E-state index in [-0.39, 0.29) is 36.1 Å². The van der Waals surface area contributed by atoms with Crippen LogP contribution < -0.4 is 10.1 Å². The molecule has 0 aliphatic heterocycles. The zero-order valence-corrected chi connectivity index (χ0v) is 16.3. The Morgan fingerprint density at radius 1 is 1.04 bits per heavy atom. The maximum absolute atomic E-state index is 12.4. The number of anilines is 1. The van der Waals surface area contributed by atoms with Crippen molar-refractivity contribution in [1.29, 1.82) is 0 Å². The molecule has 0 radical (unpaired) electrons. The van der Waals surface area contributed by atoms with E-state index in [1.54, 1.807) is 41.5 Å². The Hall–Kier alpha value is -2.42. The van der Waals surface area contributed by atoms with Crippen LogP contribution in [0.2, 0.25) is 0 Å². The first-order chi connectivity index (χ1) is 11.9. The van der Waals surface area contributed by atoms with Gasteiger partial charge in [-0.1, -0.05) is 0 Å². The lowest BCUT2D eigenvalue weighted by atomic mass is 10.2. The Labute approximate surface area is 153 Å². The first-order valence-corrected chi connectivity index (χ1v) is 8.15. The highest BCUT2D eigenvalue weighted by molar-refractivity contribution is 5.90. The third-order valence-electron chi connectivity index (χ3n) is 2.69. The van der Waals surface area contributed by atoms with Gasteiger partial charge in [-0.2, -0.15) is 0 Å². The van der Waals surface area contributed by atoms with Crippen molar-refractivity contribution in [3.05, 3.63) is 11.4 Å². The average Bonchev–Trinajstić information content (AvgIpc) is 2.43. The van der Waals surface area contributed by atoms with Gasteiger partial charge in [0.2, 0.25) is 0 Å². The molecular formula is C17H27N3O6. The monoisotopic (exact) mass is 369 g/mol. The molecule has 0 saturated heterocycles. The molecule has 0 saturated carbocycles. The second-order valence-corrected chi connectivity index (χ2v) is 7.48. The second kappa shape index (κ2) is 8.31. The highest BCUT2D eigenvalue weighted by atomic mass is 16.6. The summed E-state index contributed by atoms with van der Waals surface area (Å²) in [6, 6.07) is 0. The first-order valence-electron chi connectivity index (χ1n) is 8.15. The SMILES string of the molecule is COc1nc(C(=O)OC(C)(C)C)c(CCO)nc1NC(=O)OC(C)(C)C. The predicted molar refractivity (Wildman–Crippen MR) is 94.4 cm³/mol. The number of aromatic nitrogens is 2. The largest absolute Gasteiger partial charge is 0.478 e. The number of ether oxygens (including phenoxy) is 3. The van der Waals surface area contributed by atoms with Gasteiger partial charge < -0.3 is 19.3 Å². The van der Waals surface area contributed by atoms with E-state index in [1.165, 1.54) is 7.11 Å². The number of methoxy groups -OCH3 is 1. The van der Waals surface area contributed by atoms with Gasteiger partial charge in [-0.15, -0.1) is 0 Å². The molecule has 0 fully saturated rings. The summed E-state index contributed by atoms with van der Waals surface area (Å²) in [5, 5.41) is 11.7. The topological polar surface area (TPSA) is 120 Å². The molecule has 9 heteroatoms. The lowest BCUT2D eigenvalue weighted by molar-refractivity contribution is 0.00598. The normalized spacial score (nSPS) is 11.7. The number of hydrogen-bond donors (Lipinski definition) is 2. The van der Waals surface area contributed by atoms with Gasteiger partial charge in [0.1, 0.15) is 11.2 Å². The Morgan fingerprint density at radius 2 is 1.62 bits per heavy atom. The van der Waals surface area contributed by atoms with Crippen molar-refractivity contribution in [3.8, 4) is 5.88 Å². The Bertz CT molecular complexity index is 662. The van der Waals surface area contributed by atoms with Gasteiger partial charge in [0.15, 0.2) is 11.5 Å². The maximum Gasteiger partial charge on any atom is 0.413 e. The minimum Gasteiger partial charge on any atom is -0.478 e.